The van der Waals surface area contributed by atoms with E-state index in [2.05, 4.69) is 41.3 Å². The van der Waals surface area contributed by atoms with Gasteiger partial charge in [-0.3, -0.25) is 14.3 Å². The number of rotatable bonds is 10. The summed E-state index contributed by atoms with van der Waals surface area (Å²) < 4.78 is 7.48. The van der Waals surface area contributed by atoms with E-state index >= 15 is 0 Å². The predicted molar refractivity (Wildman–Crippen MR) is 114 cm³/mol. The van der Waals surface area contributed by atoms with Crippen molar-refractivity contribution in [2.45, 2.75) is 57.3 Å². The lowest BCUT2D eigenvalue weighted by Gasteiger charge is -2.31. The Kier molecular flexibility index (Phi) is 7.09. The van der Waals surface area contributed by atoms with E-state index < -0.39 is 0 Å². The quantitative estimate of drug-likeness (QED) is 0.502. The minimum absolute atomic E-state index is 0.0126. The SMILES string of the molecule is CCC(CC)(CC)NC(=O)CSc1nnc(-c2ccncc2)n1Cc1ccco1. The third-order valence-corrected chi connectivity index (χ3v) is 6.28. The number of nitrogens with zero attached hydrogens (tertiary/aromatic N) is 4. The summed E-state index contributed by atoms with van der Waals surface area (Å²) >= 11 is 1.38. The van der Waals surface area contributed by atoms with E-state index in [1.54, 1.807) is 18.7 Å². The molecule has 3 aromatic rings. The van der Waals surface area contributed by atoms with Crippen molar-refractivity contribution in [2.24, 2.45) is 0 Å². The summed E-state index contributed by atoms with van der Waals surface area (Å²) in [5.41, 5.74) is 0.777. The highest BCUT2D eigenvalue weighted by molar-refractivity contribution is 7.99. The third kappa shape index (κ3) is 5.06. The monoisotopic (exact) mass is 413 g/mol. The van der Waals surface area contributed by atoms with E-state index in [0.29, 0.717) is 11.7 Å². The molecule has 154 valence electrons. The molecule has 0 radical (unpaired) electrons. The highest BCUT2D eigenvalue weighted by atomic mass is 32.2. The molecule has 0 atom stereocenters. The van der Waals surface area contributed by atoms with Crippen LogP contribution in [0.5, 0.6) is 0 Å². The van der Waals surface area contributed by atoms with Crippen LogP contribution in [0.25, 0.3) is 11.4 Å². The van der Waals surface area contributed by atoms with E-state index in [1.807, 2.05) is 28.8 Å². The normalized spacial score (nSPS) is 11.6. The van der Waals surface area contributed by atoms with Crippen LogP contribution < -0.4 is 5.32 Å². The number of pyridine rings is 1. The van der Waals surface area contributed by atoms with Crippen LogP contribution in [0, 0.1) is 0 Å². The molecule has 0 aliphatic rings. The fourth-order valence-corrected chi connectivity index (χ4v) is 4.03. The molecule has 0 spiro atoms. The lowest BCUT2D eigenvalue weighted by molar-refractivity contribution is -0.120. The Morgan fingerprint density at radius 1 is 1.14 bits per heavy atom. The molecule has 3 rings (SSSR count). The highest BCUT2D eigenvalue weighted by Crippen LogP contribution is 2.26. The molecule has 0 saturated carbocycles. The number of nitrogens with one attached hydrogen (secondary N) is 1. The van der Waals surface area contributed by atoms with Gasteiger partial charge in [0.15, 0.2) is 11.0 Å². The Morgan fingerprint density at radius 2 is 1.86 bits per heavy atom. The molecule has 0 bridgehead atoms. The number of hydrogen-bond donors (Lipinski definition) is 1. The Bertz CT molecular complexity index is 896. The van der Waals surface area contributed by atoms with E-state index in [1.165, 1.54) is 11.8 Å². The summed E-state index contributed by atoms with van der Waals surface area (Å²) in [6, 6.07) is 7.55. The molecule has 0 aromatic carbocycles. The van der Waals surface area contributed by atoms with Gasteiger partial charge >= 0.3 is 0 Å². The van der Waals surface area contributed by atoms with Gasteiger partial charge in [0.1, 0.15) is 5.76 Å². The number of amides is 1. The van der Waals surface area contributed by atoms with Crippen molar-refractivity contribution in [1.82, 2.24) is 25.1 Å². The first-order valence-electron chi connectivity index (χ1n) is 9.90. The maximum absolute atomic E-state index is 12.6. The van der Waals surface area contributed by atoms with Gasteiger partial charge in [-0.05, 0) is 43.5 Å². The van der Waals surface area contributed by atoms with Gasteiger partial charge in [0.05, 0.1) is 18.6 Å². The summed E-state index contributed by atoms with van der Waals surface area (Å²) in [5.74, 6) is 1.82. The fourth-order valence-electron chi connectivity index (χ4n) is 3.29. The topological polar surface area (TPSA) is 85.8 Å². The van der Waals surface area contributed by atoms with Crippen molar-refractivity contribution in [1.29, 1.82) is 0 Å². The lowest BCUT2D eigenvalue weighted by Crippen LogP contribution is -2.47. The standard InChI is InChI=1S/C21H27N5O2S/c1-4-21(5-2,6-3)23-18(27)15-29-20-25-24-19(16-9-11-22-12-10-16)26(20)14-17-8-7-13-28-17/h7-13H,4-6,14-15H2,1-3H3,(H,23,27). The molecule has 0 unspecified atom stereocenters. The number of furan rings is 1. The number of thioether (sulfide) groups is 1. The fraction of sp³-hybridized carbons (Fsp3) is 0.429. The Balaban J connectivity index is 1.78. The molecule has 7 nitrogen and oxygen atoms in total. The van der Waals surface area contributed by atoms with Gasteiger partial charge in [-0.2, -0.15) is 0 Å². The van der Waals surface area contributed by atoms with Gasteiger partial charge in [0.25, 0.3) is 0 Å². The van der Waals surface area contributed by atoms with Gasteiger partial charge in [-0.25, -0.2) is 0 Å². The predicted octanol–water partition coefficient (Wildman–Crippen LogP) is 4.16. The van der Waals surface area contributed by atoms with Crippen LogP contribution in [-0.2, 0) is 11.3 Å². The first kappa shape index (κ1) is 21.1. The Morgan fingerprint density at radius 3 is 2.48 bits per heavy atom. The van der Waals surface area contributed by atoms with Crippen molar-refractivity contribution < 1.29 is 9.21 Å². The first-order chi connectivity index (χ1) is 14.1. The van der Waals surface area contributed by atoms with Crippen molar-refractivity contribution in [2.75, 3.05) is 5.75 Å². The van der Waals surface area contributed by atoms with Gasteiger partial charge < -0.3 is 9.73 Å². The molecule has 3 heterocycles. The van der Waals surface area contributed by atoms with Crippen molar-refractivity contribution in [3.8, 4) is 11.4 Å². The smallest absolute Gasteiger partial charge is 0.230 e. The average Bonchev–Trinajstić information content (AvgIpc) is 3.42. The van der Waals surface area contributed by atoms with Crippen LogP contribution in [0.15, 0.2) is 52.5 Å². The third-order valence-electron chi connectivity index (χ3n) is 5.32. The van der Waals surface area contributed by atoms with Crippen molar-refractivity contribution in [3.05, 3.63) is 48.7 Å². The largest absolute Gasteiger partial charge is 0.467 e. The van der Waals surface area contributed by atoms with Crippen LogP contribution >= 0.6 is 11.8 Å². The summed E-state index contributed by atoms with van der Waals surface area (Å²) in [5, 5.41) is 12.6. The molecular weight excluding hydrogens is 386 g/mol. The highest BCUT2D eigenvalue weighted by Gasteiger charge is 2.26. The summed E-state index contributed by atoms with van der Waals surface area (Å²) in [6.45, 7) is 6.83. The summed E-state index contributed by atoms with van der Waals surface area (Å²) in [6.07, 6.45) is 7.83. The minimum Gasteiger partial charge on any atom is -0.467 e. The Hall–Kier alpha value is -2.61. The zero-order valence-electron chi connectivity index (χ0n) is 17.1. The van der Waals surface area contributed by atoms with E-state index in [4.69, 9.17) is 4.42 Å². The van der Waals surface area contributed by atoms with E-state index in [0.717, 1.165) is 36.4 Å². The maximum Gasteiger partial charge on any atom is 0.230 e. The molecule has 1 amide bonds. The second-order valence-electron chi connectivity index (χ2n) is 6.89. The summed E-state index contributed by atoms with van der Waals surface area (Å²) in [4.78, 5) is 16.7. The van der Waals surface area contributed by atoms with Gasteiger partial charge in [-0.15, -0.1) is 10.2 Å². The number of hydrogen-bond acceptors (Lipinski definition) is 6. The maximum atomic E-state index is 12.6. The van der Waals surface area contributed by atoms with Crippen molar-refractivity contribution >= 4 is 17.7 Å². The molecule has 29 heavy (non-hydrogen) atoms. The molecular formula is C21H27N5O2S. The van der Waals surface area contributed by atoms with Crippen LogP contribution in [0.3, 0.4) is 0 Å². The molecule has 0 fully saturated rings. The Labute approximate surface area is 175 Å². The lowest BCUT2D eigenvalue weighted by atomic mass is 9.90. The van der Waals surface area contributed by atoms with E-state index in [9.17, 15) is 4.79 Å². The van der Waals surface area contributed by atoms with E-state index in [-0.39, 0.29) is 17.2 Å². The van der Waals surface area contributed by atoms with Crippen molar-refractivity contribution in [3.63, 3.8) is 0 Å². The molecule has 8 heteroatoms. The zero-order valence-corrected chi connectivity index (χ0v) is 17.9. The van der Waals surface area contributed by atoms with Gasteiger partial charge in [-0.1, -0.05) is 32.5 Å². The van der Waals surface area contributed by atoms with Crippen LogP contribution in [0.2, 0.25) is 0 Å². The molecule has 0 aliphatic carbocycles. The van der Waals surface area contributed by atoms with Gasteiger partial charge in [0.2, 0.25) is 5.91 Å². The molecule has 0 saturated heterocycles. The number of aromatic nitrogens is 4. The second kappa shape index (κ2) is 9.73. The first-order valence-corrected chi connectivity index (χ1v) is 10.9. The number of carbonyl (C=O) groups excluding carboxylic acids is 1. The zero-order chi connectivity index (χ0) is 20.7. The van der Waals surface area contributed by atoms with Crippen LogP contribution in [0.1, 0.15) is 45.8 Å². The molecule has 1 N–H and O–H groups in total. The van der Waals surface area contributed by atoms with Crippen LogP contribution in [0.4, 0.5) is 0 Å². The average molecular weight is 414 g/mol. The summed E-state index contributed by atoms with van der Waals surface area (Å²) in [7, 11) is 0. The van der Waals surface area contributed by atoms with Crippen LogP contribution in [-0.4, -0.2) is 36.9 Å². The molecule has 0 aliphatic heterocycles. The molecule has 3 aromatic heterocycles. The number of carbonyl (C=O) groups is 1. The second-order valence-corrected chi connectivity index (χ2v) is 7.83. The van der Waals surface area contributed by atoms with Gasteiger partial charge in [0, 0.05) is 23.5 Å². The minimum atomic E-state index is -0.137.